The van der Waals surface area contributed by atoms with Gasteiger partial charge in [-0.3, -0.25) is 4.79 Å². The molecule has 0 bridgehead atoms. The van der Waals surface area contributed by atoms with Gasteiger partial charge in [0, 0.05) is 11.6 Å². The van der Waals surface area contributed by atoms with Gasteiger partial charge < -0.3 is 10.6 Å². The lowest BCUT2D eigenvalue weighted by Gasteiger charge is -2.14. The van der Waals surface area contributed by atoms with Crippen LogP contribution in [0.3, 0.4) is 0 Å². The molecule has 0 saturated heterocycles. The van der Waals surface area contributed by atoms with E-state index in [0.717, 1.165) is 17.7 Å². The van der Waals surface area contributed by atoms with Gasteiger partial charge in [0.05, 0.1) is 17.8 Å². The topological polar surface area (TPSA) is 41.1 Å². The standard InChI is InChI=1S/C16H13ClF4N2O/c17-11-3-6-14(13(7-11)16(19,20)21)23-15(24)9-22-8-10-1-4-12(18)5-2-10/h1-7,22H,8-9H2,(H,23,24). The first-order chi connectivity index (χ1) is 11.3. The Balaban J connectivity index is 1.94. The zero-order chi connectivity index (χ0) is 17.7. The van der Waals surface area contributed by atoms with Gasteiger partial charge in [-0.2, -0.15) is 13.2 Å². The van der Waals surface area contributed by atoms with Crippen molar-refractivity contribution in [3.8, 4) is 0 Å². The lowest BCUT2D eigenvalue weighted by Crippen LogP contribution is -2.28. The number of benzene rings is 2. The SMILES string of the molecule is O=C(CNCc1ccc(F)cc1)Nc1ccc(Cl)cc1C(F)(F)F. The first-order valence-electron chi connectivity index (χ1n) is 6.87. The molecular formula is C16H13ClF4N2O. The zero-order valence-corrected chi connectivity index (χ0v) is 13.0. The fraction of sp³-hybridized carbons (Fsp3) is 0.188. The van der Waals surface area contributed by atoms with Gasteiger partial charge in [-0.15, -0.1) is 0 Å². The zero-order valence-electron chi connectivity index (χ0n) is 12.3. The van der Waals surface area contributed by atoms with Gasteiger partial charge in [-0.1, -0.05) is 23.7 Å². The van der Waals surface area contributed by atoms with Crippen molar-refractivity contribution in [3.05, 3.63) is 64.4 Å². The van der Waals surface area contributed by atoms with E-state index in [1.54, 1.807) is 12.1 Å². The number of hydrogen-bond donors (Lipinski definition) is 2. The van der Waals surface area contributed by atoms with Crippen LogP contribution in [0.4, 0.5) is 23.2 Å². The molecule has 0 aliphatic rings. The number of nitrogens with one attached hydrogen (secondary N) is 2. The molecule has 0 saturated carbocycles. The summed E-state index contributed by atoms with van der Waals surface area (Å²) in [5.74, 6) is -1.01. The van der Waals surface area contributed by atoms with Crippen LogP contribution in [0.2, 0.25) is 5.02 Å². The van der Waals surface area contributed by atoms with Gasteiger partial charge in [0.1, 0.15) is 5.82 Å². The summed E-state index contributed by atoms with van der Waals surface area (Å²) in [5.41, 5.74) is -0.631. The van der Waals surface area contributed by atoms with Crippen molar-refractivity contribution >= 4 is 23.2 Å². The smallest absolute Gasteiger partial charge is 0.324 e. The summed E-state index contributed by atoms with van der Waals surface area (Å²) in [6, 6.07) is 8.76. The van der Waals surface area contributed by atoms with Crippen LogP contribution < -0.4 is 10.6 Å². The molecule has 128 valence electrons. The Hall–Kier alpha value is -2.12. The van der Waals surface area contributed by atoms with Crippen LogP contribution in [0, 0.1) is 5.82 Å². The number of amides is 1. The van der Waals surface area contributed by atoms with Crippen LogP contribution >= 0.6 is 11.6 Å². The molecule has 8 heteroatoms. The van der Waals surface area contributed by atoms with Gasteiger partial charge in [0.2, 0.25) is 5.91 Å². The van der Waals surface area contributed by atoms with Crippen molar-refractivity contribution in [2.24, 2.45) is 0 Å². The van der Waals surface area contributed by atoms with E-state index in [1.807, 2.05) is 0 Å². The summed E-state index contributed by atoms with van der Waals surface area (Å²) >= 11 is 5.57. The summed E-state index contributed by atoms with van der Waals surface area (Å²) in [4.78, 5) is 11.8. The molecule has 0 atom stereocenters. The van der Waals surface area contributed by atoms with Crippen LogP contribution in [0.15, 0.2) is 42.5 Å². The fourth-order valence-electron chi connectivity index (χ4n) is 1.98. The van der Waals surface area contributed by atoms with Crippen molar-refractivity contribution in [2.75, 3.05) is 11.9 Å². The molecule has 0 unspecified atom stereocenters. The number of halogens is 5. The minimum atomic E-state index is -4.63. The Morgan fingerprint density at radius 2 is 1.75 bits per heavy atom. The highest BCUT2D eigenvalue weighted by Gasteiger charge is 2.34. The second kappa shape index (κ2) is 7.63. The van der Waals surface area contributed by atoms with E-state index >= 15 is 0 Å². The molecule has 0 aromatic heterocycles. The normalized spacial score (nSPS) is 11.4. The summed E-state index contributed by atoms with van der Waals surface area (Å²) < 4.78 is 51.5. The van der Waals surface area contributed by atoms with Gasteiger partial charge >= 0.3 is 6.18 Å². The predicted octanol–water partition coefficient (Wildman–Crippen LogP) is 4.23. The first-order valence-corrected chi connectivity index (χ1v) is 7.25. The molecule has 0 aliphatic carbocycles. The van der Waals surface area contributed by atoms with Gasteiger partial charge in [-0.25, -0.2) is 4.39 Å². The molecule has 24 heavy (non-hydrogen) atoms. The molecule has 0 radical (unpaired) electrons. The molecule has 0 fully saturated rings. The molecule has 0 heterocycles. The van der Waals surface area contributed by atoms with E-state index in [4.69, 9.17) is 11.6 Å². The molecule has 2 N–H and O–H groups in total. The third-order valence-electron chi connectivity index (χ3n) is 3.09. The predicted molar refractivity (Wildman–Crippen MR) is 83.2 cm³/mol. The van der Waals surface area contributed by atoms with E-state index in [0.29, 0.717) is 0 Å². The number of carbonyl (C=O) groups is 1. The van der Waals surface area contributed by atoms with Gasteiger partial charge in [0.15, 0.2) is 0 Å². The second-order valence-electron chi connectivity index (χ2n) is 4.97. The maximum absolute atomic E-state index is 12.9. The number of rotatable bonds is 5. The van der Waals surface area contributed by atoms with E-state index in [2.05, 4.69) is 10.6 Å². The molecule has 0 spiro atoms. The maximum atomic E-state index is 12.9. The van der Waals surface area contributed by atoms with Gasteiger partial charge in [-0.05, 0) is 35.9 Å². The largest absolute Gasteiger partial charge is 0.418 e. The van der Waals surface area contributed by atoms with Crippen molar-refractivity contribution in [2.45, 2.75) is 12.7 Å². The summed E-state index contributed by atoms with van der Waals surface area (Å²) in [5, 5.41) is 4.89. The van der Waals surface area contributed by atoms with Crippen LogP contribution in [0.1, 0.15) is 11.1 Å². The second-order valence-corrected chi connectivity index (χ2v) is 5.40. The van der Waals surface area contributed by atoms with E-state index in [9.17, 15) is 22.4 Å². The Labute approximate surface area is 140 Å². The summed E-state index contributed by atoms with van der Waals surface area (Å²) in [6.45, 7) is 0.0811. The van der Waals surface area contributed by atoms with Crippen molar-refractivity contribution < 1.29 is 22.4 Å². The molecule has 1 amide bonds. The number of carbonyl (C=O) groups excluding carboxylic acids is 1. The highest BCUT2D eigenvalue weighted by atomic mass is 35.5. The van der Waals surface area contributed by atoms with Crippen LogP contribution in [0.25, 0.3) is 0 Å². The minimum Gasteiger partial charge on any atom is -0.324 e. The third kappa shape index (κ3) is 5.21. The van der Waals surface area contributed by atoms with E-state index in [-0.39, 0.29) is 29.6 Å². The molecule has 0 aliphatic heterocycles. The molecule has 2 rings (SSSR count). The Morgan fingerprint density at radius 1 is 1.08 bits per heavy atom. The molecule has 2 aromatic carbocycles. The highest BCUT2D eigenvalue weighted by Crippen LogP contribution is 2.36. The molecule has 3 nitrogen and oxygen atoms in total. The number of alkyl halides is 3. The molecule has 2 aromatic rings. The molecular weight excluding hydrogens is 348 g/mol. The van der Waals surface area contributed by atoms with E-state index in [1.165, 1.54) is 18.2 Å². The quantitative estimate of drug-likeness (QED) is 0.784. The Bertz CT molecular complexity index is 717. The van der Waals surface area contributed by atoms with Crippen LogP contribution in [-0.4, -0.2) is 12.5 Å². The third-order valence-corrected chi connectivity index (χ3v) is 3.32. The first kappa shape index (κ1) is 18.2. The Morgan fingerprint density at radius 3 is 2.38 bits per heavy atom. The maximum Gasteiger partial charge on any atom is 0.418 e. The van der Waals surface area contributed by atoms with Crippen molar-refractivity contribution in [3.63, 3.8) is 0 Å². The average molecular weight is 361 g/mol. The monoisotopic (exact) mass is 360 g/mol. The fourth-order valence-corrected chi connectivity index (χ4v) is 2.15. The lowest BCUT2D eigenvalue weighted by molar-refractivity contribution is -0.137. The van der Waals surface area contributed by atoms with Crippen molar-refractivity contribution in [1.82, 2.24) is 5.32 Å². The average Bonchev–Trinajstić information content (AvgIpc) is 2.50. The summed E-state index contributed by atoms with van der Waals surface area (Å²) in [7, 11) is 0. The summed E-state index contributed by atoms with van der Waals surface area (Å²) in [6.07, 6.45) is -4.63. The van der Waals surface area contributed by atoms with Gasteiger partial charge in [0.25, 0.3) is 0 Å². The number of hydrogen-bond acceptors (Lipinski definition) is 2. The van der Waals surface area contributed by atoms with Crippen LogP contribution in [-0.2, 0) is 17.5 Å². The van der Waals surface area contributed by atoms with Crippen LogP contribution in [0.5, 0.6) is 0 Å². The lowest BCUT2D eigenvalue weighted by atomic mass is 10.1. The number of anilines is 1. The van der Waals surface area contributed by atoms with E-state index < -0.39 is 17.6 Å². The highest BCUT2D eigenvalue weighted by molar-refractivity contribution is 6.30. The Kier molecular flexibility index (Phi) is 5.80. The van der Waals surface area contributed by atoms with Crippen molar-refractivity contribution in [1.29, 1.82) is 0 Å². The minimum absolute atomic E-state index is 0.0743.